The molecule has 0 amide bonds. The third kappa shape index (κ3) is 2.04. The second kappa shape index (κ2) is 4.90. The van der Waals surface area contributed by atoms with E-state index in [0.29, 0.717) is 18.4 Å². The lowest BCUT2D eigenvalue weighted by molar-refractivity contribution is 0.316. The Kier molecular flexibility index (Phi) is 3.44. The fourth-order valence-electron chi connectivity index (χ4n) is 2.13. The minimum atomic E-state index is -0.743. The van der Waals surface area contributed by atoms with Gasteiger partial charge in [-0.2, -0.15) is 9.38 Å². The Morgan fingerprint density at radius 1 is 1.21 bits per heavy atom. The Bertz CT molecular complexity index is 548. The summed E-state index contributed by atoms with van der Waals surface area (Å²) in [5.41, 5.74) is -0.262. The number of ether oxygens (including phenoxy) is 3. The van der Waals surface area contributed by atoms with E-state index in [9.17, 15) is 9.18 Å². The average molecular weight is 267 g/mol. The number of methoxy groups -OCH3 is 3. The Balaban J connectivity index is 2.67. The van der Waals surface area contributed by atoms with Gasteiger partial charge in [-0.25, -0.2) is 4.79 Å². The minimum absolute atomic E-state index is 0.0224. The fourth-order valence-corrected chi connectivity index (χ4v) is 2.13. The van der Waals surface area contributed by atoms with E-state index in [4.69, 9.17) is 14.2 Å². The highest BCUT2D eigenvalue weighted by Crippen LogP contribution is 2.55. The predicted octanol–water partition coefficient (Wildman–Crippen LogP) is 2.18. The van der Waals surface area contributed by atoms with Gasteiger partial charge in [-0.15, -0.1) is 0 Å². The molecule has 0 atom stereocenters. The van der Waals surface area contributed by atoms with Gasteiger partial charge in [0.25, 0.3) is 0 Å². The normalized spacial score (nSPS) is 15.4. The summed E-state index contributed by atoms with van der Waals surface area (Å²) in [6, 6.07) is 1.59. The molecule has 0 heterocycles. The number of carbonyl (C=O) groups excluding carboxylic acids is 1. The van der Waals surface area contributed by atoms with Crippen LogP contribution in [-0.2, 0) is 10.3 Å². The van der Waals surface area contributed by atoms with Gasteiger partial charge in [-0.3, -0.25) is 0 Å². The van der Waals surface area contributed by atoms with E-state index < -0.39 is 11.4 Å². The van der Waals surface area contributed by atoms with Crippen LogP contribution in [0.15, 0.2) is 11.1 Å². The molecule has 19 heavy (non-hydrogen) atoms. The van der Waals surface area contributed by atoms with Gasteiger partial charge in [0, 0.05) is 5.56 Å². The van der Waals surface area contributed by atoms with Crippen molar-refractivity contribution in [3.05, 3.63) is 17.4 Å². The molecular formula is C13H14FNO4. The van der Waals surface area contributed by atoms with Crippen molar-refractivity contribution in [3.8, 4) is 17.2 Å². The number of benzene rings is 1. The third-order valence-corrected chi connectivity index (χ3v) is 3.26. The average Bonchev–Trinajstić information content (AvgIpc) is 3.18. The van der Waals surface area contributed by atoms with Gasteiger partial charge in [-0.05, 0) is 18.9 Å². The SMILES string of the molecule is COc1cc(C2(N=C=O)CC2)c(OC)c(F)c1OC. The van der Waals surface area contributed by atoms with Crippen molar-refractivity contribution in [2.24, 2.45) is 4.99 Å². The lowest BCUT2D eigenvalue weighted by Crippen LogP contribution is -2.09. The monoisotopic (exact) mass is 267 g/mol. The number of hydrogen-bond acceptors (Lipinski definition) is 5. The zero-order valence-electron chi connectivity index (χ0n) is 10.9. The largest absolute Gasteiger partial charge is 0.493 e. The fraction of sp³-hybridized carbons (Fsp3) is 0.462. The molecule has 0 saturated heterocycles. The maximum absolute atomic E-state index is 14.3. The van der Waals surface area contributed by atoms with Crippen LogP contribution in [0, 0.1) is 5.82 Å². The summed E-state index contributed by atoms with van der Waals surface area (Å²) in [5, 5.41) is 0. The van der Waals surface area contributed by atoms with E-state index in [1.807, 2.05) is 0 Å². The van der Waals surface area contributed by atoms with E-state index in [1.54, 1.807) is 6.07 Å². The van der Waals surface area contributed by atoms with Crippen LogP contribution in [-0.4, -0.2) is 27.4 Å². The van der Waals surface area contributed by atoms with Crippen molar-refractivity contribution >= 4 is 6.08 Å². The summed E-state index contributed by atoms with van der Waals surface area (Å²) in [6.07, 6.45) is 2.82. The van der Waals surface area contributed by atoms with Gasteiger partial charge in [0.05, 0.1) is 21.3 Å². The zero-order valence-corrected chi connectivity index (χ0v) is 10.9. The molecule has 102 valence electrons. The molecule has 1 aromatic carbocycles. The molecule has 0 unspecified atom stereocenters. The summed E-state index contributed by atoms with van der Waals surface area (Å²) in [6.45, 7) is 0. The molecule has 0 aromatic heterocycles. The van der Waals surface area contributed by atoms with Crippen LogP contribution in [0.1, 0.15) is 18.4 Å². The van der Waals surface area contributed by atoms with Gasteiger partial charge >= 0.3 is 0 Å². The van der Waals surface area contributed by atoms with Crippen LogP contribution < -0.4 is 14.2 Å². The standard InChI is InChI=1S/C13H14FNO4/c1-17-9-6-8(13(4-5-13)15-7-16)11(18-2)10(14)12(9)19-3/h6H,4-5H2,1-3H3. The first-order chi connectivity index (χ1) is 9.13. The quantitative estimate of drug-likeness (QED) is 0.606. The van der Waals surface area contributed by atoms with Crippen LogP contribution >= 0.6 is 0 Å². The highest BCUT2D eigenvalue weighted by Gasteiger charge is 2.48. The molecule has 1 aliphatic carbocycles. The van der Waals surface area contributed by atoms with Crippen LogP contribution in [0.25, 0.3) is 0 Å². The van der Waals surface area contributed by atoms with E-state index in [0.717, 1.165) is 0 Å². The molecule has 2 rings (SSSR count). The van der Waals surface area contributed by atoms with Gasteiger partial charge in [0.15, 0.2) is 11.5 Å². The Labute approximate surface area is 110 Å². The lowest BCUT2D eigenvalue weighted by Gasteiger charge is -2.18. The first-order valence-corrected chi connectivity index (χ1v) is 5.71. The Morgan fingerprint density at radius 3 is 2.26 bits per heavy atom. The van der Waals surface area contributed by atoms with E-state index >= 15 is 0 Å². The molecule has 1 saturated carbocycles. The smallest absolute Gasteiger partial charge is 0.235 e. The third-order valence-electron chi connectivity index (χ3n) is 3.26. The number of rotatable bonds is 5. The van der Waals surface area contributed by atoms with E-state index in [-0.39, 0.29) is 17.2 Å². The Morgan fingerprint density at radius 2 is 1.84 bits per heavy atom. The predicted molar refractivity (Wildman–Crippen MR) is 65.1 cm³/mol. The molecule has 0 aliphatic heterocycles. The zero-order chi connectivity index (χ0) is 14.0. The van der Waals surface area contributed by atoms with Crippen LogP contribution in [0.2, 0.25) is 0 Å². The molecule has 6 heteroatoms. The summed E-state index contributed by atoms with van der Waals surface area (Å²) in [4.78, 5) is 14.3. The maximum Gasteiger partial charge on any atom is 0.235 e. The molecule has 1 aliphatic rings. The van der Waals surface area contributed by atoms with Gasteiger partial charge in [0.2, 0.25) is 17.6 Å². The number of nitrogens with zero attached hydrogens (tertiary/aromatic N) is 1. The Hall–Kier alpha value is -2.07. The summed E-state index contributed by atoms with van der Waals surface area (Å²) in [5.74, 6) is -0.432. The molecule has 0 spiro atoms. The van der Waals surface area contributed by atoms with Crippen molar-refractivity contribution in [2.75, 3.05) is 21.3 Å². The first kappa shape index (κ1) is 13.4. The topological polar surface area (TPSA) is 57.1 Å². The van der Waals surface area contributed by atoms with Crippen molar-refractivity contribution < 1.29 is 23.4 Å². The van der Waals surface area contributed by atoms with Crippen molar-refractivity contribution in [2.45, 2.75) is 18.4 Å². The van der Waals surface area contributed by atoms with Crippen LogP contribution in [0.4, 0.5) is 4.39 Å². The summed E-state index contributed by atoms with van der Waals surface area (Å²) in [7, 11) is 4.11. The minimum Gasteiger partial charge on any atom is -0.493 e. The number of isocyanates is 1. The van der Waals surface area contributed by atoms with Gasteiger partial charge in [0.1, 0.15) is 5.54 Å². The second-order valence-electron chi connectivity index (χ2n) is 4.24. The molecular weight excluding hydrogens is 253 g/mol. The highest BCUT2D eigenvalue weighted by atomic mass is 19.1. The van der Waals surface area contributed by atoms with Gasteiger partial charge in [-0.1, -0.05) is 0 Å². The van der Waals surface area contributed by atoms with Crippen molar-refractivity contribution in [1.29, 1.82) is 0 Å². The number of hydrogen-bond donors (Lipinski definition) is 0. The van der Waals surface area contributed by atoms with Gasteiger partial charge < -0.3 is 14.2 Å². The molecule has 1 aromatic rings. The van der Waals surface area contributed by atoms with Crippen molar-refractivity contribution in [3.63, 3.8) is 0 Å². The van der Waals surface area contributed by atoms with E-state index in [2.05, 4.69) is 4.99 Å². The second-order valence-corrected chi connectivity index (χ2v) is 4.24. The van der Waals surface area contributed by atoms with E-state index in [1.165, 1.54) is 27.4 Å². The summed E-state index contributed by atoms with van der Waals surface area (Å²) < 4.78 is 29.5. The van der Waals surface area contributed by atoms with Crippen LogP contribution in [0.3, 0.4) is 0 Å². The summed E-state index contributed by atoms with van der Waals surface area (Å²) >= 11 is 0. The number of halogens is 1. The number of aliphatic imine (C=N–C) groups is 1. The van der Waals surface area contributed by atoms with Crippen molar-refractivity contribution in [1.82, 2.24) is 0 Å². The lowest BCUT2D eigenvalue weighted by atomic mass is 10.0. The highest BCUT2D eigenvalue weighted by molar-refractivity contribution is 5.57. The molecule has 0 N–H and O–H groups in total. The van der Waals surface area contributed by atoms with Crippen LogP contribution in [0.5, 0.6) is 17.2 Å². The first-order valence-electron chi connectivity index (χ1n) is 5.71. The molecule has 1 fully saturated rings. The maximum atomic E-state index is 14.3. The molecule has 0 radical (unpaired) electrons. The molecule has 0 bridgehead atoms. The molecule has 5 nitrogen and oxygen atoms in total.